The molecule has 0 radical (unpaired) electrons. The summed E-state index contributed by atoms with van der Waals surface area (Å²) < 4.78 is 45.2. The molecule has 0 unspecified atom stereocenters. The van der Waals surface area contributed by atoms with Crippen LogP contribution < -0.4 is 4.90 Å². The zero-order valence-electron chi connectivity index (χ0n) is 14.8. The van der Waals surface area contributed by atoms with Gasteiger partial charge in [0.1, 0.15) is 5.60 Å². The molecule has 0 saturated heterocycles. The van der Waals surface area contributed by atoms with Crippen LogP contribution in [0, 0.1) is 6.92 Å². The van der Waals surface area contributed by atoms with Crippen molar-refractivity contribution >= 4 is 11.8 Å². The lowest BCUT2D eigenvalue weighted by Gasteiger charge is -2.28. The van der Waals surface area contributed by atoms with Crippen LogP contribution in [0.15, 0.2) is 12.1 Å². The number of aryl methyl sites for hydroxylation is 1. The number of carbonyl (C=O) groups is 1. The summed E-state index contributed by atoms with van der Waals surface area (Å²) in [5, 5.41) is 0. The largest absolute Gasteiger partial charge is 0.443 e. The minimum atomic E-state index is -4.45. The Bertz CT molecular complexity index is 632. The van der Waals surface area contributed by atoms with Crippen molar-refractivity contribution in [2.24, 2.45) is 0 Å². The third-order valence-electron chi connectivity index (χ3n) is 4.13. The first-order valence-corrected chi connectivity index (χ1v) is 8.12. The molecule has 0 bridgehead atoms. The standard InChI is InChI=1S/C18H24F3NO2/c1-11-7-6-8-22(16(23)24-17(3,4)5)15-10-14(18(19,20)21)12(2)9-13(11)15/h9-11H,6-8H2,1-5H3/t11-/m0/s1. The maximum Gasteiger partial charge on any atom is 0.416 e. The average molecular weight is 343 g/mol. The molecule has 1 aromatic rings. The second-order valence-electron chi connectivity index (χ2n) is 7.40. The van der Waals surface area contributed by atoms with Crippen molar-refractivity contribution in [3.05, 3.63) is 28.8 Å². The highest BCUT2D eigenvalue weighted by Crippen LogP contribution is 2.41. The summed E-state index contributed by atoms with van der Waals surface area (Å²) in [7, 11) is 0. The van der Waals surface area contributed by atoms with E-state index < -0.39 is 23.4 Å². The molecule has 0 fully saturated rings. The van der Waals surface area contributed by atoms with E-state index in [-0.39, 0.29) is 11.5 Å². The Morgan fingerprint density at radius 2 is 1.88 bits per heavy atom. The monoisotopic (exact) mass is 343 g/mol. The van der Waals surface area contributed by atoms with Crippen LogP contribution in [0.3, 0.4) is 0 Å². The topological polar surface area (TPSA) is 29.5 Å². The van der Waals surface area contributed by atoms with Gasteiger partial charge in [0, 0.05) is 6.54 Å². The number of halogens is 3. The zero-order valence-corrected chi connectivity index (χ0v) is 14.8. The number of nitrogens with zero attached hydrogens (tertiary/aromatic N) is 1. The molecule has 0 spiro atoms. The van der Waals surface area contributed by atoms with E-state index in [1.54, 1.807) is 26.8 Å². The molecule has 0 aliphatic carbocycles. The summed E-state index contributed by atoms with van der Waals surface area (Å²) in [6, 6.07) is 2.65. The summed E-state index contributed by atoms with van der Waals surface area (Å²) >= 11 is 0. The van der Waals surface area contributed by atoms with E-state index in [0.717, 1.165) is 24.5 Å². The number of amides is 1. The van der Waals surface area contributed by atoms with Crippen LogP contribution >= 0.6 is 0 Å². The van der Waals surface area contributed by atoms with Gasteiger partial charge in [-0.3, -0.25) is 4.90 Å². The van der Waals surface area contributed by atoms with Crippen LogP contribution in [0.4, 0.5) is 23.7 Å². The fourth-order valence-electron chi connectivity index (χ4n) is 2.99. The quantitative estimate of drug-likeness (QED) is 0.609. The Kier molecular flexibility index (Phi) is 4.88. The second-order valence-corrected chi connectivity index (χ2v) is 7.40. The van der Waals surface area contributed by atoms with E-state index in [4.69, 9.17) is 4.74 Å². The Labute approximate surface area is 140 Å². The van der Waals surface area contributed by atoms with Crippen molar-refractivity contribution in [1.82, 2.24) is 0 Å². The fraction of sp³-hybridized carbons (Fsp3) is 0.611. The molecule has 1 aromatic carbocycles. The molecule has 2 rings (SSSR count). The highest BCUT2D eigenvalue weighted by molar-refractivity contribution is 5.89. The van der Waals surface area contributed by atoms with Gasteiger partial charge in [-0.2, -0.15) is 13.2 Å². The molecule has 24 heavy (non-hydrogen) atoms. The van der Waals surface area contributed by atoms with Crippen LogP contribution in [-0.4, -0.2) is 18.2 Å². The van der Waals surface area contributed by atoms with Crippen molar-refractivity contribution in [2.75, 3.05) is 11.4 Å². The molecular weight excluding hydrogens is 319 g/mol. The van der Waals surface area contributed by atoms with E-state index in [0.29, 0.717) is 12.2 Å². The van der Waals surface area contributed by atoms with E-state index in [2.05, 4.69) is 0 Å². The molecule has 134 valence electrons. The second kappa shape index (κ2) is 6.30. The van der Waals surface area contributed by atoms with Gasteiger partial charge in [0.2, 0.25) is 0 Å². The number of benzene rings is 1. The van der Waals surface area contributed by atoms with Gasteiger partial charge in [0.15, 0.2) is 0 Å². The van der Waals surface area contributed by atoms with Gasteiger partial charge in [-0.05, 0) is 63.6 Å². The van der Waals surface area contributed by atoms with Crippen molar-refractivity contribution in [3.8, 4) is 0 Å². The molecule has 1 amide bonds. The summed E-state index contributed by atoms with van der Waals surface area (Å²) in [6.45, 7) is 9.00. The van der Waals surface area contributed by atoms with Crippen molar-refractivity contribution in [2.45, 2.75) is 65.2 Å². The number of hydrogen-bond acceptors (Lipinski definition) is 2. The molecule has 0 N–H and O–H groups in total. The van der Waals surface area contributed by atoms with Gasteiger partial charge in [-0.1, -0.05) is 13.0 Å². The van der Waals surface area contributed by atoms with Gasteiger partial charge < -0.3 is 4.74 Å². The number of hydrogen-bond donors (Lipinski definition) is 0. The summed E-state index contributed by atoms with van der Waals surface area (Å²) in [6.07, 6.45) is -3.52. The Morgan fingerprint density at radius 1 is 1.25 bits per heavy atom. The lowest BCUT2D eigenvalue weighted by Crippen LogP contribution is -2.37. The number of ether oxygens (including phenoxy) is 1. The first-order valence-electron chi connectivity index (χ1n) is 8.12. The maximum atomic E-state index is 13.3. The number of alkyl halides is 3. The van der Waals surface area contributed by atoms with Gasteiger partial charge in [-0.25, -0.2) is 4.79 Å². The SMILES string of the molecule is Cc1cc2c(cc1C(F)(F)F)N(C(=O)OC(C)(C)C)CCC[C@@H]2C. The molecule has 6 heteroatoms. The summed E-state index contributed by atoms with van der Waals surface area (Å²) in [5.74, 6) is 0.0911. The van der Waals surface area contributed by atoms with Crippen molar-refractivity contribution in [1.29, 1.82) is 0 Å². The first-order chi connectivity index (χ1) is 10.9. The zero-order chi connectivity index (χ0) is 18.3. The molecule has 0 saturated carbocycles. The number of fused-ring (bicyclic) bond motifs is 1. The normalized spacial score (nSPS) is 18.8. The lowest BCUT2D eigenvalue weighted by atomic mass is 9.92. The highest BCUT2D eigenvalue weighted by atomic mass is 19.4. The minimum absolute atomic E-state index is 0.0911. The van der Waals surface area contributed by atoms with E-state index in [1.807, 2.05) is 6.92 Å². The third-order valence-corrected chi connectivity index (χ3v) is 4.13. The van der Waals surface area contributed by atoms with Crippen LogP contribution in [0.5, 0.6) is 0 Å². The Balaban J connectivity index is 2.55. The van der Waals surface area contributed by atoms with Gasteiger partial charge in [0.25, 0.3) is 0 Å². The van der Waals surface area contributed by atoms with Crippen molar-refractivity contribution < 1.29 is 22.7 Å². The summed E-state index contributed by atoms with van der Waals surface area (Å²) in [5.41, 5.74) is -0.147. The van der Waals surface area contributed by atoms with E-state index >= 15 is 0 Å². The molecule has 1 aliphatic heterocycles. The predicted octanol–water partition coefficient (Wildman–Crippen LogP) is 5.65. The van der Waals surface area contributed by atoms with Gasteiger partial charge in [0.05, 0.1) is 11.3 Å². The fourth-order valence-corrected chi connectivity index (χ4v) is 2.99. The molecule has 1 heterocycles. The van der Waals surface area contributed by atoms with Crippen LogP contribution in [0.25, 0.3) is 0 Å². The van der Waals surface area contributed by atoms with Gasteiger partial charge >= 0.3 is 12.3 Å². The average Bonchev–Trinajstić information content (AvgIpc) is 2.54. The molecule has 3 nitrogen and oxygen atoms in total. The van der Waals surface area contributed by atoms with Gasteiger partial charge in [-0.15, -0.1) is 0 Å². The third kappa shape index (κ3) is 4.02. The maximum absolute atomic E-state index is 13.3. The number of anilines is 1. The molecule has 0 aromatic heterocycles. The number of rotatable bonds is 0. The minimum Gasteiger partial charge on any atom is -0.443 e. The molecule has 1 aliphatic rings. The summed E-state index contributed by atoms with van der Waals surface area (Å²) in [4.78, 5) is 13.9. The smallest absolute Gasteiger partial charge is 0.416 e. The molecular formula is C18H24F3NO2. The number of carbonyl (C=O) groups excluding carboxylic acids is 1. The van der Waals surface area contributed by atoms with Crippen LogP contribution in [-0.2, 0) is 10.9 Å². The van der Waals surface area contributed by atoms with E-state index in [1.165, 1.54) is 11.8 Å². The highest BCUT2D eigenvalue weighted by Gasteiger charge is 2.36. The molecule has 1 atom stereocenters. The predicted molar refractivity (Wildman–Crippen MR) is 87.4 cm³/mol. The van der Waals surface area contributed by atoms with Crippen LogP contribution in [0.1, 0.15) is 63.1 Å². The van der Waals surface area contributed by atoms with E-state index in [9.17, 15) is 18.0 Å². The first kappa shape index (κ1) is 18.6. The van der Waals surface area contributed by atoms with Crippen molar-refractivity contribution in [3.63, 3.8) is 0 Å². The van der Waals surface area contributed by atoms with Crippen LogP contribution in [0.2, 0.25) is 0 Å². The Morgan fingerprint density at radius 3 is 2.42 bits per heavy atom. The lowest BCUT2D eigenvalue weighted by molar-refractivity contribution is -0.138. The Hall–Kier alpha value is -1.72.